The van der Waals surface area contributed by atoms with Gasteiger partial charge in [0.15, 0.2) is 0 Å². The van der Waals surface area contributed by atoms with Crippen LogP contribution in [0.3, 0.4) is 0 Å². The van der Waals surface area contributed by atoms with Crippen LogP contribution in [0.25, 0.3) is 0 Å². The van der Waals surface area contributed by atoms with Crippen LogP contribution < -0.4 is 5.32 Å². The van der Waals surface area contributed by atoms with Crippen molar-refractivity contribution < 1.29 is 14.3 Å². The van der Waals surface area contributed by atoms with Crippen molar-refractivity contribution in [3.05, 3.63) is 0 Å². The van der Waals surface area contributed by atoms with Crippen LogP contribution in [0.5, 0.6) is 0 Å². The minimum Gasteiger partial charge on any atom is -0.460 e. The van der Waals surface area contributed by atoms with Crippen LogP contribution >= 0.6 is 0 Å². The Balaban J connectivity index is 2.06. The Morgan fingerprint density at radius 1 is 1.53 bits per heavy atom. The number of hydrogen-bond donors (Lipinski definition) is 1. The normalized spacial score (nSPS) is 21.7. The van der Waals surface area contributed by atoms with Crippen LogP contribution in [0.2, 0.25) is 0 Å². The molecule has 0 aliphatic carbocycles. The minimum absolute atomic E-state index is 0.145. The minimum atomic E-state index is -0.381. The lowest BCUT2D eigenvalue weighted by Gasteiger charge is -2.19. The quantitative estimate of drug-likeness (QED) is 0.713. The van der Waals surface area contributed by atoms with Crippen LogP contribution in [-0.2, 0) is 14.3 Å². The van der Waals surface area contributed by atoms with Gasteiger partial charge in [-0.05, 0) is 27.2 Å². The van der Waals surface area contributed by atoms with Crippen molar-refractivity contribution in [1.82, 2.24) is 5.32 Å². The van der Waals surface area contributed by atoms with E-state index in [0.717, 1.165) is 19.6 Å². The Bertz CT molecular complexity index is 204. The Labute approximate surface area is 91.3 Å². The van der Waals surface area contributed by atoms with E-state index in [1.807, 2.05) is 20.8 Å². The highest BCUT2D eigenvalue weighted by Crippen LogP contribution is 2.08. The van der Waals surface area contributed by atoms with E-state index in [0.29, 0.717) is 19.0 Å². The second-order valence-electron chi connectivity index (χ2n) is 4.85. The predicted octanol–water partition coefficient (Wildman–Crippen LogP) is 1.10. The molecule has 0 spiro atoms. The summed E-state index contributed by atoms with van der Waals surface area (Å²) in [6.07, 6.45) is 1.46. The fraction of sp³-hybridized carbons (Fsp3) is 0.909. The van der Waals surface area contributed by atoms with Crippen LogP contribution in [0, 0.1) is 0 Å². The van der Waals surface area contributed by atoms with Gasteiger partial charge in [-0.1, -0.05) is 0 Å². The van der Waals surface area contributed by atoms with Gasteiger partial charge in [0.05, 0.1) is 13.0 Å². The Kier molecular flexibility index (Phi) is 4.54. The van der Waals surface area contributed by atoms with Gasteiger partial charge in [0, 0.05) is 19.2 Å². The monoisotopic (exact) mass is 215 g/mol. The van der Waals surface area contributed by atoms with Crippen molar-refractivity contribution in [3.63, 3.8) is 0 Å². The summed E-state index contributed by atoms with van der Waals surface area (Å²) in [6, 6.07) is 0.410. The zero-order valence-electron chi connectivity index (χ0n) is 9.84. The van der Waals surface area contributed by atoms with Gasteiger partial charge in [-0.25, -0.2) is 0 Å². The molecule has 0 amide bonds. The zero-order valence-corrected chi connectivity index (χ0v) is 9.84. The maximum Gasteiger partial charge on any atom is 0.307 e. The number of carbonyl (C=O) groups is 1. The molecular weight excluding hydrogens is 194 g/mol. The lowest BCUT2D eigenvalue weighted by atomic mass is 10.2. The van der Waals surface area contributed by atoms with Gasteiger partial charge in [0.2, 0.25) is 0 Å². The second kappa shape index (κ2) is 5.47. The fourth-order valence-corrected chi connectivity index (χ4v) is 1.47. The number of esters is 1. The Morgan fingerprint density at radius 2 is 2.27 bits per heavy atom. The standard InChI is InChI=1S/C11H21NO3/c1-11(2,3)15-10(13)4-6-12-9-5-7-14-8-9/h9,12H,4-8H2,1-3H3. The molecule has 1 unspecified atom stereocenters. The summed E-state index contributed by atoms with van der Waals surface area (Å²) in [5.41, 5.74) is -0.381. The average molecular weight is 215 g/mol. The number of ether oxygens (including phenoxy) is 2. The van der Waals surface area contributed by atoms with Crippen LogP contribution in [-0.4, -0.2) is 37.4 Å². The second-order valence-corrected chi connectivity index (χ2v) is 4.85. The van der Waals surface area contributed by atoms with E-state index >= 15 is 0 Å². The lowest BCUT2D eigenvalue weighted by molar-refractivity contribution is -0.154. The van der Waals surface area contributed by atoms with Crippen LogP contribution in [0.1, 0.15) is 33.6 Å². The number of nitrogens with one attached hydrogen (secondary N) is 1. The van der Waals surface area contributed by atoms with E-state index in [9.17, 15) is 4.79 Å². The highest BCUT2D eigenvalue weighted by atomic mass is 16.6. The number of carbonyl (C=O) groups excluding carboxylic acids is 1. The molecule has 1 atom stereocenters. The van der Waals surface area contributed by atoms with Gasteiger partial charge >= 0.3 is 5.97 Å². The molecule has 15 heavy (non-hydrogen) atoms. The molecule has 1 heterocycles. The molecular formula is C11H21NO3. The van der Waals surface area contributed by atoms with Crippen molar-refractivity contribution in [3.8, 4) is 0 Å². The van der Waals surface area contributed by atoms with Gasteiger partial charge in [0.25, 0.3) is 0 Å². The van der Waals surface area contributed by atoms with Crippen molar-refractivity contribution in [2.75, 3.05) is 19.8 Å². The smallest absolute Gasteiger partial charge is 0.307 e. The topological polar surface area (TPSA) is 47.6 Å². The van der Waals surface area contributed by atoms with E-state index in [1.165, 1.54) is 0 Å². The zero-order chi connectivity index (χ0) is 11.3. The summed E-state index contributed by atoms with van der Waals surface area (Å²) in [6.45, 7) is 7.89. The van der Waals surface area contributed by atoms with Gasteiger partial charge in [0.1, 0.15) is 5.60 Å². The first-order chi connectivity index (χ1) is 6.97. The molecule has 1 rings (SSSR count). The first-order valence-electron chi connectivity index (χ1n) is 5.50. The summed E-state index contributed by atoms with van der Waals surface area (Å²) >= 11 is 0. The number of hydrogen-bond acceptors (Lipinski definition) is 4. The first kappa shape index (κ1) is 12.5. The van der Waals surface area contributed by atoms with Crippen LogP contribution in [0.4, 0.5) is 0 Å². The van der Waals surface area contributed by atoms with E-state index in [1.54, 1.807) is 0 Å². The largest absolute Gasteiger partial charge is 0.460 e. The molecule has 1 aliphatic heterocycles. The van der Waals surface area contributed by atoms with Gasteiger partial charge < -0.3 is 14.8 Å². The van der Waals surface area contributed by atoms with E-state index in [2.05, 4.69) is 5.32 Å². The van der Waals surface area contributed by atoms with Gasteiger partial charge in [-0.3, -0.25) is 4.79 Å². The van der Waals surface area contributed by atoms with E-state index < -0.39 is 0 Å². The van der Waals surface area contributed by atoms with Crippen molar-refractivity contribution in [2.45, 2.75) is 45.3 Å². The molecule has 1 saturated heterocycles. The predicted molar refractivity (Wildman–Crippen MR) is 57.7 cm³/mol. The first-order valence-corrected chi connectivity index (χ1v) is 5.50. The van der Waals surface area contributed by atoms with Crippen LogP contribution in [0.15, 0.2) is 0 Å². The maximum absolute atomic E-state index is 11.3. The van der Waals surface area contributed by atoms with E-state index in [-0.39, 0.29) is 11.6 Å². The molecule has 4 nitrogen and oxygen atoms in total. The third-order valence-corrected chi connectivity index (χ3v) is 2.11. The molecule has 0 aromatic heterocycles. The summed E-state index contributed by atoms with van der Waals surface area (Å²) in [5, 5.41) is 3.27. The third kappa shape index (κ3) is 5.74. The highest BCUT2D eigenvalue weighted by molar-refractivity contribution is 5.70. The summed E-state index contributed by atoms with van der Waals surface area (Å²) in [4.78, 5) is 11.3. The van der Waals surface area contributed by atoms with Gasteiger partial charge in [-0.15, -0.1) is 0 Å². The van der Waals surface area contributed by atoms with E-state index in [4.69, 9.17) is 9.47 Å². The molecule has 4 heteroatoms. The van der Waals surface area contributed by atoms with Crippen molar-refractivity contribution in [1.29, 1.82) is 0 Å². The fourth-order valence-electron chi connectivity index (χ4n) is 1.47. The highest BCUT2D eigenvalue weighted by Gasteiger charge is 2.17. The molecule has 0 saturated carbocycles. The van der Waals surface area contributed by atoms with Crippen molar-refractivity contribution in [2.24, 2.45) is 0 Å². The summed E-state index contributed by atoms with van der Waals surface area (Å²) in [5.74, 6) is -0.145. The molecule has 0 bridgehead atoms. The molecule has 0 aromatic carbocycles. The summed E-state index contributed by atoms with van der Waals surface area (Å²) < 4.78 is 10.4. The lowest BCUT2D eigenvalue weighted by Crippen LogP contribution is -2.32. The third-order valence-electron chi connectivity index (χ3n) is 2.11. The number of rotatable bonds is 4. The molecule has 1 fully saturated rings. The van der Waals surface area contributed by atoms with Crippen molar-refractivity contribution >= 4 is 5.97 Å². The average Bonchev–Trinajstić information content (AvgIpc) is 2.53. The molecule has 1 aliphatic rings. The Hall–Kier alpha value is -0.610. The van der Waals surface area contributed by atoms with Gasteiger partial charge in [-0.2, -0.15) is 0 Å². The Morgan fingerprint density at radius 3 is 2.80 bits per heavy atom. The molecule has 0 aromatic rings. The SMILES string of the molecule is CC(C)(C)OC(=O)CCNC1CCOC1. The molecule has 1 N–H and O–H groups in total. The summed E-state index contributed by atoms with van der Waals surface area (Å²) in [7, 11) is 0. The molecule has 0 radical (unpaired) electrons. The molecule has 88 valence electrons. The maximum atomic E-state index is 11.3.